The van der Waals surface area contributed by atoms with Gasteiger partial charge in [-0.2, -0.15) is 0 Å². The molecule has 5 rings (SSSR count). The maximum absolute atomic E-state index is 13.5. The van der Waals surface area contributed by atoms with Gasteiger partial charge in [-0.05, 0) is 48.9 Å². The van der Waals surface area contributed by atoms with Gasteiger partial charge in [0.2, 0.25) is 0 Å². The molecule has 0 aliphatic rings. The van der Waals surface area contributed by atoms with Crippen molar-refractivity contribution in [3.8, 4) is 16.9 Å². The topological polar surface area (TPSA) is 115 Å². The number of pyridine rings is 2. The number of ketones is 1. The summed E-state index contributed by atoms with van der Waals surface area (Å²) >= 11 is 6.40. The summed E-state index contributed by atoms with van der Waals surface area (Å²) in [6, 6.07) is 20.2. The third kappa shape index (κ3) is 4.77. The summed E-state index contributed by atoms with van der Waals surface area (Å²) in [5, 5.41) is 12.8. The number of non-ortho nitro benzene ring substituents is 1. The highest BCUT2D eigenvalue weighted by molar-refractivity contribution is 6.31. The first kappa shape index (κ1) is 24.9. The number of carbonyl (C=O) groups excluding carboxylic acids is 1. The lowest BCUT2D eigenvalue weighted by molar-refractivity contribution is -0.384. The Labute approximate surface area is 221 Å². The maximum Gasteiger partial charge on any atom is 0.270 e. The number of H-pyrrole nitrogens is 1. The number of ether oxygens (including phenoxy) is 1. The third-order valence-electron chi connectivity index (χ3n) is 6.01. The minimum absolute atomic E-state index is 0.133. The van der Waals surface area contributed by atoms with Crippen molar-refractivity contribution < 1.29 is 14.5 Å². The summed E-state index contributed by atoms with van der Waals surface area (Å²) in [5.41, 5.74) is 1.52. The van der Waals surface area contributed by atoms with Crippen LogP contribution in [0.25, 0.3) is 39.0 Å². The molecule has 9 heteroatoms. The number of hydrogen-bond donors (Lipinski definition) is 1. The largest absolute Gasteiger partial charge is 0.494 e. The minimum Gasteiger partial charge on any atom is -0.494 e. The monoisotopic (exact) mass is 525 g/mol. The van der Waals surface area contributed by atoms with Gasteiger partial charge in [0, 0.05) is 45.6 Å². The molecule has 0 spiro atoms. The summed E-state index contributed by atoms with van der Waals surface area (Å²) in [4.78, 5) is 44.6. The van der Waals surface area contributed by atoms with Crippen LogP contribution in [0.15, 0.2) is 83.7 Å². The van der Waals surface area contributed by atoms with E-state index in [9.17, 15) is 19.7 Å². The second kappa shape index (κ2) is 10.3. The highest BCUT2D eigenvalue weighted by Gasteiger charge is 2.21. The number of carbonyl (C=O) groups is 1. The molecule has 0 aliphatic heterocycles. The fraction of sp³-hybridized carbons (Fsp3) is 0.0690. The summed E-state index contributed by atoms with van der Waals surface area (Å²) < 4.78 is 5.51. The van der Waals surface area contributed by atoms with Gasteiger partial charge in [0.15, 0.2) is 5.78 Å². The first-order valence-electron chi connectivity index (χ1n) is 11.7. The van der Waals surface area contributed by atoms with Crippen molar-refractivity contribution in [1.82, 2.24) is 9.97 Å². The van der Waals surface area contributed by atoms with Crippen molar-refractivity contribution in [2.45, 2.75) is 6.92 Å². The number of nitrogens with one attached hydrogen (secondary N) is 1. The molecule has 3 aromatic carbocycles. The van der Waals surface area contributed by atoms with Crippen molar-refractivity contribution in [1.29, 1.82) is 0 Å². The molecule has 0 unspecified atom stereocenters. The number of nitrogens with zero attached hydrogens (tertiary/aromatic N) is 2. The molecule has 8 nitrogen and oxygen atoms in total. The molecule has 5 aromatic rings. The van der Waals surface area contributed by atoms with Crippen LogP contribution in [0.5, 0.6) is 5.75 Å². The molecule has 0 saturated carbocycles. The third-order valence-corrected chi connectivity index (χ3v) is 6.32. The Morgan fingerprint density at radius 3 is 2.63 bits per heavy atom. The Bertz CT molecular complexity index is 1810. The molecule has 0 atom stereocenters. The van der Waals surface area contributed by atoms with E-state index >= 15 is 0 Å². The van der Waals surface area contributed by atoms with E-state index in [1.54, 1.807) is 42.5 Å². The Morgan fingerprint density at radius 2 is 1.89 bits per heavy atom. The van der Waals surface area contributed by atoms with Crippen molar-refractivity contribution in [3.63, 3.8) is 0 Å². The Morgan fingerprint density at radius 1 is 1.11 bits per heavy atom. The first-order chi connectivity index (χ1) is 18.4. The Kier molecular flexibility index (Phi) is 6.72. The van der Waals surface area contributed by atoms with Crippen LogP contribution in [0.3, 0.4) is 0 Å². The molecular weight excluding hydrogens is 506 g/mol. The second-order valence-electron chi connectivity index (χ2n) is 8.41. The molecule has 0 amide bonds. The molecular formula is C29H20ClN3O5. The standard InChI is InChI=1S/C29H20ClN3O5/c1-2-38-21-11-8-18-14-19(28(30)31-24(18)16-21)9-13-25(34)27-26(17-6-4-3-5-7-17)22-15-20(33(36)37)10-12-23(22)32-29(27)35/h3-16H,2H2,1H3,(H,32,35). The number of aromatic amines is 1. The average molecular weight is 526 g/mol. The molecule has 0 radical (unpaired) electrons. The van der Waals surface area contributed by atoms with Gasteiger partial charge in [0.25, 0.3) is 11.2 Å². The van der Waals surface area contributed by atoms with Gasteiger partial charge in [-0.3, -0.25) is 19.7 Å². The van der Waals surface area contributed by atoms with E-state index in [1.165, 1.54) is 30.4 Å². The lowest BCUT2D eigenvalue weighted by Gasteiger charge is -2.11. The van der Waals surface area contributed by atoms with E-state index in [0.717, 1.165) is 5.39 Å². The first-order valence-corrected chi connectivity index (χ1v) is 12.1. The number of hydrogen-bond acceptors (Lipinski definition) is 6. The van der Waals surface area contributed by atoms with Gasteiger partial charge >= 0.3 is 0 Å². The van der Waals surface area contributed by atoms with E-state index < -0.39 is 16.3 Å². The summed E-state index contributed by atoms with van der Waals surface area (Å²) in [5.74, 6) is 0.0904. The number of nitro groups is 1. The van der Waals surface area contributed by atoms with Crippen molar-refractivity contribution >= 4 is 51.0 Å². The predicted molar refractivity (Wildman–Crippen MR) is 148 cm³/mol. The van der Waals surface area contributed by atoms with Crippen LogP contribution in [0, 0.1) is 10.1 Å². The lowest BCUT2D eigenvalue weighted by atomic mass is 9.93. The van der Waals surface area contributed by atoms with Crippen LogP contribution in [0.4, 0.5) is 5.69 Å². The smallest absolute Gasteiger partial charge is 0.270 e. The fourth-order valence-electron chi connectivity index (χ4n) is 4.30. The molecule has 2 heterocycles. The van der Waals surface area contributed by atoms with E-state index in [0.29, 0.717) is 45.5 Å². The molecule has 0 bridgehead atoms. The van der Waals surface area contributed by atoms with E-state index in [1.807, 2.05) is 19.1 Å². The molecule has 0 fully saturated rings. The normalized spacial score (nSPS) is 11.3. The van der Waals surface area contributed by atoms with E-state index in [4.69, 9.17) is 16.3 Å². The van der Waals surface area contributed by atoms with Crippen LogP contribution in [0.1, 0.15) is 22.8 Å². The van der Waals surface area contributed by atoms with E-state index in [2.05, 4.69) is 9.97 Å². The molecule has 0 aliphatic carbocycles. The Hall–Kier alpha value is -4.82. The maximum atomic E-state index is 13.5. The number of halogens is 1. The lowest BCUT2D eigenvalue weighted by Crippen LogP contribution is -2.18. The number of benzene rings is 3. The van der Waals surface area contributed by atoms with E-state index in [-0.39, 0.29) is 16.4 Å². The van der Waals surface area contributed by atoms with Crippen LogP contribution in [0.2, 0.25) is 5.15 Å². The number of aromatic nitrogens is 2. The summed E-state index contributed by atoms with van der Waals surface area (Å²) in [7, 11) is 0. The SMILES string of the molecule is CCOc1ccc2cc(C=CC(=O)c3c(-c4ccccc4)c4cc([N+](=O)[O-])ccc4[nH]c3=O)c(Cl)nc2c1. The van der Waals surface area contributed by atoms with Gasteiger partial charge in [-0.15, -0.1) is 0 Å². The van der Waals surface area contributed by atoms with Gasteiger partial charge in [0.1, 0.15) is 10.9 Å². The van der Waals surface area contributed by atoms with Crippen molar-refractivity contribution in [2.24, 2.45) is 0 Å². The number of fused-ring (bicyclic) bond motifs is 2. The summed E-state index contributed by atoms with van der Waals surface area (Å²) in [6.07, 6.45) is 2.75. The molecule has 1 N–H and O–H groups in total. The number of rotatable bonds is 7. The zero-order valence-corrected chi connectivity index (χ0v) is 20.9. The van der Waals surface area contributed by atoms with Crippen LogP contribution in [-0.2, 0) is 0 Å². The zero-order valence-electron chi connectivity index (χ0n) is 20.1. The van der Waals surface area contributed by atoms with Crippen LogP contribution < -0.4 is 10.3 Å². The van der Waals surface area contributed by atoms with Gasteiger partial charge in [0.05, 0.1) is 22.6 Å². The highest BCUT2D eigenvalue weighted by Crippen LogP contribution is 2.32. The average Bonchev–Trinajstić information content (AvgIpc) is 2.91. The minimum atomic E-state index is -0.606. The van der Waals surface area contributed by atoms with Crippen molar-refractivity contribution in [3.05, 3.63) is 116 Å². The number of nitro benzene ring substituents is 1. The van der Waals surface area contributed by atoms with Gasteiger partial charge in [-0.1, -0.05) is 41.9 Å². The quantitative estimate of drug-likeness (QED) is 0.0841. The number of allylic oxidation sites excluding steroid dienone is 1. The Balaban J connectivity index is 1.62. The van der Waals surface area contributed by atoms with Crippen molar-refractivity contribution in [2.75, 3.05) is 6.61 Å². The fourth-order valence-corrected chi connectivity index (χ4v) is 4.50. The van der Waals surface area contributed by atoms with Gasteiger partial charge < -0.3 is 9.72 Å². The highest BCUT2D eigenvalue weighted by atomic mass is 35.5. The second-order valence-corrected chi connectivity index (χ2v) is 8.77. The van der Waals surface area contributed by atoms with Gasteiger partial charge in [-0.25, -0.2) is 4.98 Å². The van der Waals surface area contributed by atoms with Crippen LogP contribution >= 0.6 is 11.6 Å². The zero-order chi connectivity index (χ0) is 26.8. The summed E-state index contributed by atoms with van der Waals surface area (Å²) in [6.45, 7) is 2.41. The molecule has 0 saturated heterocycles. The molecule has 188 valence electrons. The predicted octanol–water partition coefficient (Wildman–Crippen LogP) is 6.60. The molecule has 38 heavy (non-hydrogen) atoms. The molecule has 2 aromatic heterocycles. The van der Waals surface area contributed by atoms with Crippen LogP contribution in [-0.4, -0.2) is 27.3 Å².